The van der Waals surface area contributed by atoms with Crippen LogP contribution in [0, 0.1) is 5.41 Å². The molecule has 0 amide bonds. The number of benzene rings is 5. The SMILES string of the molecule is N=C1c2c(c(-c3ccccc3)nc3ccccc23)C=C(c2cc(-c3ccccc3)nc(-c3cccc(-c4ccccc4)c3)n2)C1N. The van der Waals surface area contributed by atoms with Gasteiger partial charge >= 0.3 is 0 Å². The molecule has 0 radical (unpaired) electrons. The van der Waals surface area contributed by atoms with Gasteiger partial charge in [0.15, 0.2) is 5.82 Å². The standard InChI is InChI=1S/C41H29N5/c42-38-32(24-33-37(39(38)43)31-21-10-11-22-34(31)44-40(33)28-17-8-3-9-18-28)36-25-35(27-15-6-2-7-16-27)45-41(46-36)30-20-12-19-29(23-30)26-13-4-1-5-14-26/h1-25,38,43H,42H2. The summed E-state index contributed by atoms with van der Waals surface area (Å²) in [6.45, 7) is 0. The van der Waals surface area contributed by atoms with E-state index in [1.807, 2.05) is 109 Å². The summed E-state index contributed by atoms with van der Waals surface area (Å²) in [6, 6.07) is 48.1. The molecule has 5 aromatic carbocycles. The number of hydrogen-bond acceptors (Lipinski definition) is 5. The fourth-order valence-corrected chi connectivity index (χ4v) is 6.21. The number of fused-ring (bicyclic) bond motifs is 3. The maximum absolute atomic E-state index is 9.42. The quantitative estimate of drug-likeness (QED) is 0.209. The Hall–Kier alpha value is -6.04. The fourth-order valence-electron chi connectivity index (χ4n) is 6.21. The first-order valence-corrected chi connectivity index (χ1v) is 15.3. The summed E-state index contributed by atoms with van der Waals surface area (Å²) < 4.78 is 0. The highest BCUT2D eigenvalue weighted by Gasteiger charge is 2.30. The van der Waals surface area contributed by atoms with Crippen LogP contribution in [0.4, 0.5) is 0 Å². The second-order valence-corrected chi connectivity index (χ2v) is 11.4. The number of rotatable bonds is 5. The summed E-state index contributed by atoms with van der Waals surface area (Å²) in [7, 11) is 0. The topological polar surface area (TPSA) is 88.5 Å². The molecule has 0 fully saturated rings. The molecule has 0 saturated heterocycles. The van der Waals surface area contributed by atoms with Gasteiger partial charge in [0.1, 0.15) is 0 Å². The molecular formula is C41H29N5. The third-order valence-corrected chi connectivity index (χ3v) is 8.51. The minimum Gasteiger partial charge on any atom is -0.319 e. The van der Waals surface area contributed by atoms with Gasteiger partial charge in [-0.25, -0.2) is 15.0 Å². The molecule has 3 N–H and O–H groups in total. The van der Waals surface area contributed by atoms with E-state index in [0.717, 1.165) is 66.8 Å². The van der Waals surface area contributed by atoms with E-state index in [4.69, 9.17) is 20.7 Å². The van der Waals surface area contributed by atoms with Crippen LogP contribution in [-0.2, 0) is 0 Å². The van der Waals surface area contributed by atoms with Crippen molar-refractivity contribution in [3.63, 3.8) is 0 Å². The molecular weight excluding hydrogens is 562 g/mol. The lowest BCUT2D eigenvalue weighted by molar-refractivity contribution is 1.05. The third kappa shape index (κ3) is 4.89. The Kier molecular flexibility index (Phi) is 6.86. The molecule has 7 aromatic rings. The van der Waals surface area contributed by atoms with Crippen molar-refractivity contribution in [3.05, 3.63) is 162 Å². The van der Waals surface area contributed by atoms with E-state index in [1.165, 1.54) is 0 Å². The van der Waals surface area contributed by atoms with E-state index in [2.05, 4.69) is 42.5 Å². The number of aromatic nitrogens is 3. The summed E-state index contributed by atoms with van der Waals surface area (Å²) in [5.41, 5.74) is 17.9. The molecule has 1 atom stereocenters. The normalized spacial score (nSPS) is 14.2. The van der Waals surface area contributed by atoms with Crippen molar-refractivity contribution in [1.82, 2.24) is 15.0 Å². The monoisotopic (exact) mass is 591 g/mol. The molecule has 1 unspecified atom stereocenters. The number of hydrogen-bond donors (Lipinski definition) is 2. The number of para-hydroxylation sites is 1. The van der Waals surface area contributed by atoms with E-state index in [-0.39, 0.29) is 0 Å². The van der Waals surface area contributed by atoms with Gasteiger partial charge in [0, 0.05) is 38.8 Å². The zero-order valence-corrected chi connectivity index (χ0v) is 24.9. The zero-order valence-electron chi connectivity index (χ0n) is 24.9. The van der Waals surface area contributed by atoms with Gasteiger partial charge in [-0.15, -0.1) is 0 Å². The molecule has 0 aliphatic heterocycles. The van der Waals surface area contributed by atoms with Gasteiger partial charge in [-0.05, 0) is 35.4 Å². The van der Waals surface area contributed by atoms with E-state index in [0.29, 0.717) is 17.2 Å². The van der Waals surface area contributed by atoms with E-state index in [9.17, 15) is 5.41 Å². The lowest BCUT2D eigenvalue weighted by Gasteiger charge is -2.27. The first-order chi connectivity index (χ1) is 22.6. The van der Waals surface area contributed by atoms with Crippen LogP contribution in [0.3, 0.4) is 0 Å². The second kappa shape index (κ2) is 11.5. The lowest BCUT2D eigenvalue weighted by Crippen LogP contribution is -2.35. The Labute approximate surface area is 267 Å². The molecule has 5 heteroatoms. The van der Waals surface area contributed by atoms with Gasteiger partial charge < -0.3 is 11.1 Å². The minimum absolute atomic E-state index is 0.343. The van der Waals surface area contributed by atoms with Crippen molar-refractivity contribution in [2.24, 2.45) is 5.73 Å². The van der Waals surface area contributed by atoms with Crippen molar-refractivity contribution < 1.29 is 0 Å². The minimum atomic E-state index is -0.691. The summed E-state index contributed by atoms with van der Waals surface area (Å²) in [4.78, 5) is 15.3. The zero-order chi connectivity index (χ0) is 31.0. The Morgan fingerprint density at radius 3 is 1.85 bits per heavy atom. The molecule has 0 bridgehead atoms. The summed E-state index contributed by atoms with van der Waals surface area (Å²) in [5.74, 6) is 0.597. The number of nitrogens with two attached hydrogens (primary N) is 1. The Morgan fingerprint density at radius 2 is 1.11 bits per heavy atom. The predicted molar refractivity (Wildman–Crippen MR) is 188 cm³/mol. The number of pyridine rings is 1. The Balaban J connectivity index is 1.36. The van der Waals surface area contributed by atoms with Gasteiger partial charge in [-0.2, -0.15) is 0 Å². The predicted octanol–water partition coefficient (Wildman–Crippen LogP) is 8.94. The molecule has 5 nitrogen and oxygen atoms in total. The van der Waals surface area contributed by atoms with E-state index >= 15 is 0 Å². The second-order valence-electron chi connectivity index (χ2n) is 11.4. The molecule has 218 valence electrons. The highest BCUT2D eigenvalue weighted by Crippen LogP contribution is 2.39. The molecule has 1 aliphatic rings. The van der Waals surface area contributed by atoms with Crippen LogP contribution in [0.15, 0.2) is 146 Å². The summed E-state index contributed by atoms with van der Waals surface area (Å²) >= 11 is 0. The fraction of sp³-hybridized carbons (Fsp3) is 0.0244. The first kappa shape index (κ1) is 27.5. The maximum atomic E-state index is 9.42. The smallest absolute Gasteiger partial charge is 0.160 e. The maximum Gasteiger partial charge on any atom is 0.160 e. The van der Waals surface area contributed by atoms with Crippen LogP contribution < -0.4 is 5.73 Å². The lowest BCUT2D eigenvalue weighted by atomic mass is 9.82. The van der Waals surface area contributed by atoms with Crippen LogP contribution in [-0.4, -0.2) is 26.7 Å². The third-order valence-electron chi connectivity index (χ3n) is 8.51. The van der Waals surface area contributed by atoms with Crippen molar-refractivity contribution in [1.29, 1.82) is 5.41 Å². The first-order valence-electron chi connectivity index (χ1n) is 15.3. The molecule has 0 spiro atoms. The van der Waals surface area contributed by atoms with Crippen LogP contribution in [0.25, 0.3) is 67.6 Å². The Bertz CT molecular complexity index is 2280. The summed E-state index contributed by atoms with van der Waals surface area (Å²) in [5, 5.41) is 10.3. The van der Waals surface area contributed by atoms with Crippen LogP contribution >= 0.6 is 0 Å². The molecule has 1 aliphatic carbocycles. The van der Waals surface area contributed by atoms with Gasteiger partial charge in [0.2, 0.25) is 0 Å². The van der Waals surface area contributed by atoms with Crippen LogP contribution in [0.5, 0.6) is 0 Å². The van der Waals surface area contributed by atoms with E-state index in [1.54, 1.807) is 0 Å². The van der Waals surface area contributed by atoms with Crippen molar-refractivity contribution in [2.75, 3.05) is 0 Å². The highest BCUT2D eigenvalue weighted by atomic mass is 14.9. The average Bonchev–Trinajstić information content (AvgIpc) is 3.13. The molecule has 0 saturated carbocycles. The average molecular weight is 592 g/mol. The van der Waals surface area contributed by atoms with Gasteiger partial charge in [0.05, 0.1) is 34.4 Å². The number of nitrogens with zero attached hydrogens (tertiary/aromatic N) is 3. The van der Waals surface area contributed by atoms with Crippen molar-refractivity contribution in [3.8, 4) is 45.0 Å². The molecule has 2 aromatic heterocycles. The number of nitrogens with one attached hydrogen (secondary N) is 1. The molecule has 2 heterocycles. The van der Waals surface area contributed by atoms with E-state index < -0.39 is 6.04 Å². The summed E-state index contributed by atoms with van der Waals surface area (Å²) in [6.07, 6.45) is 2.08. The van der Waals surface area contributed by atoms with Gasteiger partial charge in [-0.3, -0.25) is 0 Å². The van der Waals surface area contributed by atoms with Crippen molar-refractivity contribution in [2.45, 2.75) is 6.04 Å². The van der Waals surface area contributed by atoms with Gasteiger partial charge in [0.25, 0.3) is 0 Å². The molecule has 8 rings (SSSR count). The Morgan fingerprint density at radius 1 is 0.522 bits per heavy atom. The largest absolute Gasteiger partial charge is 0.319 e. The highest BCUT2D eigenvalue weighted by molar-refractivity contribution is 6.23. The van der Waals surface area contributed by atoms with Crippen LogP contribution in [0.2, 0.25) is 0 Å². The van der Waals surface area contributed by atoms with Crippen LogP contribution in [0.1, 0.15) is 16.8 Å². The molecule has 46 heavy (non-hydrogen) atoms. The van der Waals surface area contributed by atoms with Gasteiger partial charge in [-0.1, -0.05) is 127 Å². The van der Waals surface area contributed by atoms with Crippen molar-refractivity contribution >= 4 is 28.3 Å².